The molecule has 0 saturated heterocycles. The third kappa shape index (κ3) is 1.77. The summed E-state index contributed by atoms with van der Waals surface area (Å²) in [5.74, 6) is -0.606. The number of anilines is 1. The molecule has 0 radical (unpaired) electrons. The molecule has 0 fully saturated rings. The molecule has 0 spiro atoms. The Morgan fingerprint density at radius 2 is 1.83 bits per heavy atom. The molecule has 0 aromatic heterocycles. The van der Waals surface area contributed by atoms with Gasteiger partial charge in [0.1, 0.15) is 0 Å². The molecule has 2 amide bonds. The number of hydrogen-bond acceptors (Lipinski definition) is 3. The van der Waals surface area contributed by atoms with Gasteiger partial charge in [0.25, 0.3) is 11.8 Å². The van der Waals surface area contributed by atoms with Gasteiger partial charge in [-0.1, -0.05) is 29.8 Å². The zero-order chi connectivity index (χ0) is 16.4. The summed E-state index contributed by atoms with van der Waals surface area (Å²) < 4.78 is 0. The zero-order valence-corrected chi connectivity index (χ0v) is 13.0. The molecule has 5 nitrogen and oxygen atoms in total. The van der Waals surface area contributed by atoms with E-state index in [1.807, 2.05) is 0 Å². The predicted molar refractivity (Wildman–Crippen MR) is 85.6 cm³/mol. The number of nitrogens with zero attached hydrogens (tertiary/aromatic N) is 2. The van der Waals surface area contributed by atoms with Crippen LogP contribution >= 0.6 is 11.6 Å². The van der Waals surface area contributed by atoms with E-state index in [1.54, 1.807) is 43.4 Å². The molecule has 0 saturated carbocycles. The first-order chi connectivity index (χ1) is 10.9. The maximum absolute atomic E-state index is 12.9. The van der Waals surface area contributed by atoms with Crippen molar-refractivity contribution in [1.82, 2.24) is 4.90 Å². The van der Waals surface area contributed by atoms with E-state index in [0.717, 1.165) is 0 Å². The Bertz CT molecular complexity index is 867. The molecule has 1 N–H and O–H groups in total. The normalized spacial score (nSPS) is 22.6. The second-order valence-electron chi connectivity index (χ2n) is 5.83. The Hall–Kier alpha value is -2.37. The first-order valence-electron chi connectivity index (χ1n) is 7.15. The standard InChI is InChI=1S/C17H13ClN2O3/c1-19-9-17(23)13-5-3-2-4-11(13)16(22)20(17)14-7-6-10(18)8-12(14)15(19)21/h2-8,23H,9H2,1H3/t17-/m1/s1. The number of aliphatic hydroxyl groups is 1. The first kappa shape index (κ1) is 14.2. The highest BCUT2D eigenvalue weighted by Gasteiger charge is 2.52. The third-order valence-electron chi connectivity index (χ3n) is 4.40. The van der Waals surface area contributed by atoms with Crippen LogP contribution in [0.4, 0.5) is 5.69 Å². The van der Waals surface area contributed by atoms with Crippen molar-refractivity contribution in [3.8, 4) is 0 Å². The van der Waals surface area contributed by atoms with Crippen molar-refractivity contribution in [3.63, 3.8) is 0 Å². The smallest absolute Gasteiger partial charge is 0.261 e. The summed E-state index contributed by atoms with van der Waals surface area (Å²) in [7, 11) is 1.60. The number of hydrogen-bond donors (Lipinski definition) is 1. The van der Waals surface area contributed by atoms with Gasteiger partial charge in [0.15, 0.2) is 5.72 Å². The van der Waals surface area contributed by atoms with Crippen LogP contribution in [0.1, 0.15) is 26.3 Å². The second kappa shape index (κ2) is 4.57. The maximum atomic E-state index is 12.9. The minimum absolute atomic E-state index is 0.0130. The van der Waals surface area contributed by atoms with E-state index in [-0.39, 0.29) is 18.4 Å². The summed E-state index contributed by atoms with van der Waals surface area (Å²) >= 11 is 6.01. The Balaban J connectivity index is 2.04. The lowest BCUT2D eigenvalue weighted by molar-refractivity contribution is 0.0146. The fourth-order valence-electron chi connectivity index (χ4n) is 3.37. The zero-order valence-electron chi connectivity index (χ0n) is 12.3. The number of rotatable bonds is 0. The fraction of sp³-hybridized carbons (Fsp3) is 0.176. The first-order valence-corrected chi connectivity index (χ1v) is 7.53. The molecule has 2 aromatic carbocycles. The SMILES string of the molecule is CN1C[C@@]2(O)c3ccccc3C(=O)N2c2ccc(Cl)cc2C1=O. The van der Waals surface area contributed by atoms with Crippen LogP contribution in [-0.4, -0.2) is 35.4 Å². The van der Waals surface area contributed by atoms with Gasteiger partial charge in [0, 0.05) is 23.2 Å². The highest BCUT2D eigenvalue weighted by Crippen LogP contribution is 2.44. The van der Waals surface area contributed by atoms with Crippen molar-refractivity contribution in [2.75, 3.05) is 18.5 Å². The molecule has 4 rings (SSSR count). The van der Waals surface area contributed by atoms with Crippen LogP contribution < -0.4 is 4.90 Å². The molecule has 2 aliphatic heterocycles. The topological polar surface area (TPSA) is 60.9 Å². The average molecular weight is 329 g/mol. The highest BCUT2D eigenvalue weighted by atomic mass is 35.5. The lowest BCUT2D eigenvalue weighted by atomic mass is 10.0. The van der Waals surface area contributed by atoms with E-state index in [9.17, 15) is 14.7 Å². The van der Waals surface area contributed by atoms with Crippen molar-refractivity contribution >= 4 is 29.1 Å². The van der Waals surface area contributed by atoms with Gasteiger partial charge in [-0.15, -0.1) is 0 Å². The summed E-state index contributed by atoms with van der Waals surface area (Å²) in [5, 5.41) is 11.7. The fourth-order valence-corrected chi connectivity index (χ4v) is 3.55. The second-order valence-corrected chi connectivity index (χ2v) is 6.26. The van der Waals surface area contributed by atoms with Gasteiger partial charge in [-0.3, -0.25) is 14.5 Å². The lowest BCUT2D eigenvalue weighted by Crippen LogP contribution is -2.49. The van der Waals surface area contributed by atoms with Crippen LogP contribution in [0.5, 0.6) is 0 Å². The minimum atomic E-state index is -1.59. The van der Waals surface area contributed by atoms with Crippen LogP contribution in [0, 0.1) is 0 Å². The Morgan fingerprint density at radius 3 is 2.61 bits per heavy atom. The molecule has 116 valence electrons. The number of fused-ring (bicyclic) bond motifs is 5. The average Bonchev–Trinajstić information content (AvgIpc) is 2.70. The van der Waals surface area contributed by atoms with E-state index >= 15 is 0 Å². The summed E-state index contributed by atoms with van der Waals surface area (Å²) in [5.41, 5.74) is 0.0348. The molecule has 6 heteroatoms. The lowest BCUT2D eigenvalue weighted by Gasteiger charge is -2.34. The Morgan fingerprint density at radius 1 is 1.09 bits per heavy atom. The van der Waals surface area contributed by atoms with Crippen LogP contribution in [0.2, 0.25) is 5.02 Å². The molecular formula is C17H13ClN2O3. The van der Waals surface area contributed by atoms with Crippen LogP contribution in [-0.2, 0) is 5.72 Å². The van der Waals surface area contributed by atoms with E-state index in [4.69, 9.17) is 11.6 Å². The molecule has 0 aliphatic carbocycles. The van der Waals surface area contributed by atoms with Crippen molar-refractivity contribution in [2.24, 2.45) is 0 Å². The van der Waals surface area contributed by atoms with Crippen LogP contribution in [0.25, 0.3) is 0 Å². The van der Waals surface area contributed by atoms with Crippen molar-refractivity contribution in [3.05, 3.63) is 64.2 Å². The van der Waals surface area contributed by atoms with Crippen molar-refractivity contribution in [1.29, 1.82) is 0 Å². The molecular weight excluding hydrogens is 316 g/mol. The highest BCUT2D eigenvalue weighted by molar-refractivity contribution is 6.31. The number of β-amino-alcohol motifs (C(OH)–C–C–N with tert-alkyl or cyclic N) is 1. The van der Waals surface area contributed by atoms with E-state index < -0.39 is 5.72 Å². The molecule has 0 unspecified atom stereocenters. The molecule has 2 aliphatic rings. The summed E-state index contributed by atoms with van der Waals surface area (Å²) in [6.07, 6.45) is 0. The summed E-state index contributed by atoms with van der Waals surface area (Å²) in [6, 6.07) is 11.7. The van der Waals surface area contributed by atoms with E-state index in [1.165, 1.54) is 15.9 Å². The van der Waals surface area contributed by atoms with Crippen molar-refractivity contribution < 1.29 is 14.7 Å². The third-order valence-corrected chi connectivity index (χ3v) is 4.63. The van der Waals surface area contributed by atoms with E-state index in [0.29, 0.717) is 27.4 Å². The van der Waals surface area contributed by atoms with Crippen LogP contribution in [0.15, 0.2) is 42.5 Å². The van der Waals surface area contributed by atoms with Gasteiger partial charge >= 0.3 is 0 Å². The molecule has 1 atom stereocenters. The molecule has 2 aromatic rings. The van der Waals surface area contributed by atoms with E-state index in [2.05, 4.69) is 0 Å². The number of halogens is 1. The number of benzene rings is 2. The van der Waals surface area contributed by atoms with Gasteiger partial charge in [-0.25, -0.2) is 0 Å². The molecule has 0 bridgehead atoms. The monoisotopic (exact) mass is 328 g/mol. The maximum Gasteiger partial charge on any atom is 0.261 e. The quantitative estimate of drug-likeness (QED) is 0.806. The number of amides is 2. The van der Waals surface area contributed by atoms with Crippen LogP contribution in [0.3, 0.4) is 0 Å². The number of carbonyl (C=O) groups excluding carboxylic acids is 2. The summed E-state index contributed by atoms with van der Waals surface area (Å²) in [6.45, 7) is -0.0130. The van der Waals surface area contributed by atoms with Gasteiger partial charge < -0.3 is 10.0 Å². The predicted octanol–water partition coefficient (Wildman–Crippen LogP) is 2.23. The van der Waals surface area contributed by atoms with Gasteiger partial charge in [0.05, 0.1) is 17.8 Å². The minimum Gasteiger partial charge on any atom is -0.365 e. The number of likely N-dealkylation sites (N-methyl/N-ethyl adjacent to an activating group) is 1. The van der Waals surface area contributed by atoms with Crippen molar-refractivity contribution in [2.45, 2.75) is 5.72 Å². The van der Waals surface area contributed by atoms with Gasteiger partial charge in [0.2, 0.25) is 0 Å². The molecule has 23 heavy (non-hydrogen) atoms. The van der Waals surface area contributed by atoms with Gasteiger partial charge in [-0.05, 0) is 24.3 Å². The van der Waals surface area contributed by atoms with Gasteiger partial charge in [-0.2, -0.15) is 0 Å². The molecule has 2 heterocycles. The Kier molecular flexibility index (Phi) is 2.83. The summed E-state index contributed by atoms with van der Waals surface area (Å²) in [4.78, 5) is 28.2. The number of carbonyl (C=O) groups is 2. The Labute approximate surface area is 137 Å². The largest absolute Gasteiger partial charge is 0.365 e.